The van der Waals surface area contributed by atoms with Crippen molar-refractivity contribution in [1.82, 2.24) is 9.88 Å². The second kappa shape index (κ2) is 7.62. The molecule has 0 atom stereocenters. The molecule has 0 unspecified atom stereocenters. The third-order valence-electron chi connectivity index (χ3n) is 3.53. The second-order valence-electron chi connectivity index (χ2n) is 5.05. The minimum atomic E-state index is 0.550. The summed E-state index contributed by atoms with van der Waals surface area (Å²) in [6.45, 7) is 5.57. The Bertz CT molecular complexity index is 629. The number of halogens is 2. The molecule has 7 heteroatoms. The number of morpholine rings is 1. The molecule has 0 aliphatic carbocycles. The van der Waals surface area contributed by atoms with Gasteiger partial charge in [0.1, 0.15) is 0 Å². The minimum Gasteiger partial charge on any atom is -0.379 e. The number of nitrogens with zero attached hydrogens (tertiary/aromatic N) is 2. The predicted molar refractivity (Wildman–Crippen MR) is 93.3 cm³/mol. The fourth-order valence-electron chi connectivity index (χ4n) is 2.29. The molecule has 0 saturated carbocycles. The van der Waals surface area contributed by atoms with E-state index in [1.54, 1.807) is 17.4 Å². The van der Waals surface area contributed by atoms with Crippen LogP contribution in [-0.2, 0) is 4.74 Å². The average molecular weight is 358 g/mol. The maximum Gasteiger partial charge on any atom is 0.183 e. The third kappa shape index (κ3) is 4.12. The lowest BCUT2D eigenvalue weighted by Gasteiger charge is -2.26. The van der Waals surface area contributed by atoms with Crippen molar-refractivity contribution in [3.8, 4) is 11.3 Å². The Labute approximate surface area is 144 Å². The van der Waals surface area contributed by atoms with Crippen LogP contribution >= 0.6 is 34.5 Å². The van der Waals surface area contributed by atoms with Gasteiger partial charge in [-0.25, -0.2) is 4.98 Å². The predicted octanol–water partition coefficient (Wildman–Crippen LogP) is 3.86. The largest absolute Gasteiger partial charge is 0.379 e. The summed E-state index contributed by atoms with van der Waals surface area (Å²) in [6, 6.07) is 5.57. The Morgan fingerprint density at radius 2 is 2.05 bits per heavy atom. The number of anilines is 1. The molecule has 1 aliphatic heterocycles. The van der Waals surface area contributed by atoms with Crippen molar-refractivity contribution in [1.29, 1.82) is 0 Å². The van der Waals surface area contributed by atoms with Crippen LogP contribution in [0.1, 0.15) is 0 Å². The van der Waals surface area contributed by atoms with E-state index in [1.807, 2.05) is 17.5 Å². The van der Waals surface area contributed by atoms with Gasteiger partial charge in [0, 0.05) is 37.1 Å². The molecule has 22 heavy (non-hydrogen) atoms. The first kappa shape index (κ1) is 16.0. The summed E-state index contributed by atoms with van der Waals surface area (Å²) < 4.78 is 5.34. The van der Waals surface area contributed by atoms with Crippen molar-refractivity contribution in [2.75, 3.05) is 44.7 Å². The highest BCUT2D eigenvalue weighted by Crippen LogP contribution is 2.30. The standard InChI is InChI=1S/C15H17Cl2N3OS/c16-12-2-1-11(9-13(12)17)14-10-22-15(19-14)18-3-4-20-5-7-21-8-6-20/h1-2,9-10H,3-8H2,(H,18,19). The van der Waals surface area contributed by atoms with Crippen LogP contribution in [-0.4, -0.2) is 49.3 Å². The van der Waals surface area contributed by atoms with Crippen LogP contribution in [0.2, 0.25) is 10.0 Å². The average Bonchev–Trinajstić information content (AvgIpc) is 3.00. The number of nitrogens with one attached hydrogen (secondary N) is 1. The summed E-state index contributed by atoms with van der Waals surface area (Å²) in [5.74, 6) is 0. The van der Waals surface area contributed by atoms with Gasteiger partial charge in [0.2, 0.25) is 0 Å². The van der Waals surface area contributed by atoms with Gasteiger partial charge in [-0.1, -0.05) is 29.3 Å². The molecule has 0 radical (unpaired) electrons. The SMILES string of the molecule is Clc1ccc(-c2csc(NCCN3CCOCC3)n2)cc1Cl. The second-order valence-corrected chi connectivity index (χ2v) is 6.72. The van der Waals surface area contributed by atoms with E-state index in [-0.39, 0.29) is 0 Å². The van der Waals surface area contributed by atoms with Crippen LogP contribution in [0.15, 0.2) is 23.6 Å². The molecule has 0 amide bonds. The summed E-state index contributed by atoms with van der Waals surface area (Å²) in [6.07, 6.45) is 0. The number of rotatable bonds is 5. The van der Waals surface area contributed by atoms with E-state index in [9.17, 15) is 0 Å². The van der Waals surface area contributed by atoms with Gasteiger partial charge in [-0.05, 0) is 12.1 Å². The number of ether oxygens (including phenoxy) is 1. The lowest BCUT2D eigenvalue weighted by Crippen LogP contribution is -2.38. The molecule has 1 N–H and O–H groups in total. The summed E-state index contributed by atoms with van der Waals surface area (Å²) in [5.41, 5.74) is 1.89. The van der Waals surface area contributed by atoms with Gasteiger partial charge in [0.05, 0.1) is 29.0 Å². The Hall–Kier alpha value is -0.850. The fourth-order valence-corrected chi connectivity index (χ4v) is 3.34. The molecular weight excluding hydrogens is 341 g/mol. The lowest BCUT2D eigenvalue weighted by atomic mass is 10.2. The van der Waals surface area contributed by atoms with Gasteiger partial charge in [0.15, 0.2) is 5.13 Å². The molecule has 0 bridgehead atoms. The molecule has 3 rings (SSSR count). The van der Waals surface area contributed by atoms with E-state index in [1.165, 1.54) is 0 Å². The highest BCUT2D eigenvalue weighted by Gasteiger charge is 2.10. The maximum atomic E-state index is 6.05. The normalized spacial score (nSPS) is 15.9. The zero-order valence-electron chi connectivity index (χ0n) is 12.0. The Kier molecular flexibility index (Phi) is 5.55. The van der Waals surface area contributed by atoms with Crippen molar-refractivity contribution in [2.45, 2.75) is 0 Å². The highest BCUT2D eigenvalue weighted by molar-refractivity contribution is 7.14. The number of hydrogen-bond acceptors (Lipinski definition) is 5. The van der Waals surface area contributed by atoms with Crippen molar-refractivity contribution in [3.05, 3.63) is 33.6 Å². The Morgan fingerprint density at radius 1 is 1.23 bits per heavy atom. The van der Waals surface area contributed by atoms with E-state index in [2.05, 4.69) is 15.2 Å². The lowest BCUT2D eigenvalue weighted by molar-refractivity contribution is 0.0398. The van der Waals surface area contributed by atoms with Gasteiger partial charge < -0.3 is 10.1 Å². The van der Waals surface area contributed by atoms with Crippen LogP contribution in [0.5, 0.6) is 0 Å². The summed E-state index contributed by atoms with van der Waals surface area (Å²) in [4.78, 5) is 6.99. The molecule has 1 aliphatic rings. The number of thiazole rings is 1. The van der Waals surface area contributed by atoms with Crippen LogP contribution in [0, 0.1) is 0 Å². The molecule has 2 heterocycles. The first-order valence-corrected chi connectivity index (χ1v) is 8.81. The van der Waals surface area contributed by atoms with Crippen molar-refractivity contribution in [3.63, 3.8) is 0 Å². The molecule has 1 aromatic carbocycles. The van der Waals surface area contributed by atoms with Gasteiger partial charge in [-0.3, -0.25) is 4.90 Å². The molecule has 118 valence electrons. The van der Waals surface area contributed by atoms with Crippen LogP contribution in [0.3, 0.4) is 0 Å². The fraction of sp³-hybridized carbons (Fsp3) is 0.400. The van der Waals surface area contributed by atoms with E-state index in [4.69, 9.17) is 27.9 Å². The Morgan fingerprint density at radius 3 is 2.82 bits per heavy atom. The van der Waals surface area contributed by atoms with Gasteiger partial charge >= 0.3 is 0 Å². The first-order valence-electron chi connectivity index (χ1n) is 7.17. The van der Waals surface area contributed by atoms with Gasteiger partial charge in [-0.2, -0.15) is 0 Å². The maximum absolute atomic E-state index is 6.05. The molecule has 1 aromatic heterocycles. The molecule has 2 aromatic rings. The van der Waals surface area contributed by atoms with Crippen LogP contribution in [0.25, 0.3) is 11.3 Å². The first-order chi connectivity index (χ1) is 10.7. The van der Waals surface area contributed by atoms with Crippen LogP contribution < -0.4 is 5.32 Å². The highest BCUT2D eigenvalue weighted by atomic mass is 35.5. The third-order valence-corrected chi connectivity index (χ3v) is 5.07. The number of aromatic nitrogens is 1. The minimum absolute atomic E-state index is 0.550. The van der Waals surface area contributed by atoms with Crippen LogP contribution in [0.4, 0.5) is 5.13 Å². The van der Waals surface area contributed by atoms with Crippen molar-refractivity contribution >= 4 is 39.7 Å². The Balaban J connectivity index is 1.55. The summed E-state index contributed by atoms with van der Waals surface area (Å²) >= 11 is 13.6. The summed E-state index contributed by atoms with van der Waals surface area (Å²) in [7, 11) is 0. The molecule has 1 saturated heterocycles. The van der Waals surface area contributed by atoms with E-state index >= 15 is 0 Å². The topological polar surface area (TPSA) is 37.4 Å². The van der Waals surface area contributed by atoms with Crippen molar-refractivity contribution < 1.29 is 4.74 Å². The quantitative estimate of drug-likeness (QED) is 0.881. The van der Waals surface area contributed by atoms with Crippen molar-refractivity contribution in [2.24, 2.45) is 0 Å². The van der Waals surface area contributed by atoms with Gasteiger partial charge in [0.25, 0.3) is 0 Å². The zero-order chi connectivity index (χ0) is 15.4. The summed E-state index contributed by atoms with van der Waals surface area (Å²) in [5, 5.41) is 7.43. The van der Waals surface area contributed by atoms with Gasteiger partial charge in [-0.15, -0.1) is 11.3 Å². The number of hydrogen-bond donors (Lipinski definition) is 1. The van der Waals surface area contributed by atoms with E-state index in [0.29, 0.717) is 10.0 Å². The molecule has 1 fully saturated rings. The monoisotopic (exact) mass is 357 g/mol. The molecule has 4 nitrogen and oxygen atoms in total. The number of benzene rings is 1. The van der Waals surface area contributed by atoms with E-state index in [0.717, 1.165) is 55.8 Å². The molecular formula is C15H17Cl2N3OS. The molecule has 0 spiro atoms. The smallest absolute Gasteiger partial charge is 0.183 e. The van der Waals surface area contributed by atoms with E-state index < -0.39 is 0 Å². The zero-order valence-corrected chi connectivity index (χ0v) is 14.3.